The number of thiophene rings is 1. The van der Waals surface area contributed by atoms with Crippen LogP contribution in [-0.4, -0.2) is 17.1 Å². The van der Waals surface area contributed by atoms with Gasteiger partial charge in [0.05, 0.1) is 17.7 Å². The maximum Gasteiger partial charge on any atom is 0.316 e. The summed E-state index contributed by atoms with van der Waals surface area (Å²) in [5, 5.41) is 2.06. The molecule has 0 N–H and O–H groups in total. The standard InChI is InChI=1S/C11H12N2OS/c1-7-4-5-15-10(7)9-6-8(2)12-11(13-9)14-3/h4-6H,1-3H3. The van der Waals surface area contributed by atoms with Crippen LogP contribution in [0.3, 0.4) is 0 Å². The quantitative estimate of drug-likeness (QED) is 0.780. The van der Waals surface area contributed by atoms with Crippen LogP contribution in [-0.2, 0) is 0 Å². The van der Waals surface area contributed by atoms with Gasteiger partial charge in [0.2, 0.25) is 0 Å². The van der Waals surface area contributed by atoms with Crippen molar-refractivity contribution in [3.8, 4) is 16.6 Å². The lowest BCUT2D eigenvalue weighted by Crippen LogP contribution is -1.95. The lowest BCUT2D eigenvalue weighted by molar-refractivity contribution is 0.379. The van der Waals surface area contributed by atoms with Crippen LogP contribution in [0.15, 0.2) is 17.5 Å². The Bertz CT molecular complexity index is 479. The number of rotatable bonds is 2. The third-order valence-corrected chi connectivity index (χ3v) is 3.15. The number of aromatic nitrogens is 2. The highest BCUT2D eigenvalue weighted by Gasteiger charge is 2.08. The van der Waals surface area contributed by atoms with Gasteiger partial charge in [-0.1, -0.05) is 0 Å². The first-order valence-corrected chi connectivity index (χ1v) is 5.53. The molecule has 0 saturated carbocycles. The fraction of sp³-hybridized carbons (Fsp3) is 0.273. The molecule has 0 aliphatic carbocycles. The fourth-order valence-corrected chi connectivity index (χ4v) is 2.27. The Balaban J connectivity index is 2.53. The largest absolute Gasteiger partial charge is 0.467 e. The maximum atomic E-state index is 5.06. The summed E-state index contributed by atoms with van der Waals surface area (Å²) in [4.78, 5) is 9.68. The van der Waals surface area contributed by atoms with Gasteiger partial charge in [0.25, 0.3) is 0 Å². The van der Waals surface area contributed by atoms with Crippen molar-refractivity contribution in [2.75, 3.05) is 7.11 Å². The molecule has 0 fully saturated rings. The Labute approximate surface area is 92.8 Å². The van der Waals surface area contributed by atoms with Gasteiger partial charge in [0, 0.05) is 5.69 Å². The number of aryl methyl sites for hydroxylation is 2. The molecular weight excluding hydrogens is 208 g/mol. The summed E-state index contributed by atoms with van der Waals surface area (Å²) < 4.78 is 5.06. The summed E-state index contributed by atoms with van der Waals surface area (Å²) in [5.74, 6) is 0. The lowest BCUT2D eigenvalue weighted by Gasteiger charge is -2.03. The molecule has 78 valence electrons. The van der Waals surface area contributed by atoms with E-state index in [0.717, 1.165) is 11.4 Å². The Morgan fingerprint density at radius 2 is 2.07 bits per heavy atom. The Kier molecular flexibility index (Phi) is 2.68. The van der Waals surface area contributed by atoms with Crippen molar-refractivity contribution >= 4 is 11.3 Å². The van der Waals surface area contributed by atoms with Gasteiger partial charge in [0.1, 0.15) is 0 Å². The first kappa shape index (κ1) is 10.1. The minimum atomic E-state index is 0.429. The van der Waals surface area contributed by atoms with E-state index in [1.807, 2.05) is 13.0 Å². The highest BCUT2D eigenvalue weighted by molar-refractivity contribution is 7.13. The van der Waals surface area contributed by atoms with Crippen molar-refractivity contribution in [2.45, 2.75) is 13.8 Å². The molecule has 3 nitrogen and oxygen atoms in total. The zero-order valence-electron chi connectivity index (χ0n) is 8.94. The van der Waals surface area contributed by atoms with E-state index in [9.17, 15) is 0 Å². The van der Waals surface area contributed by atoms with Gasteiger partial charge in [-0.15, -0.1) is 11.3 Å². The molecule has 0 atom stereocenters. The number of ether oxygens (including phenoxy) is 1. The van der Waals surface area contributed by atoms with Crippen LogP contribution in [0.2, 0.25) is 0 Å². The summed E-state index contributed by atoms with van der Waals surface area (Å²) >= 11 is 1.68. The van der Waals surface area contributed by atoms with E-state index in [0.29, 0.717) is 6.01 Å². The summed E-state index contributed by atoms with van der Waals surface area (Å²) in [5.41, 5.74) is 3.09. The predicted molar refractivity (Wildman–Crippen MR) is 61.4 cm³/mol. The number of nitrogens with zero attached hydrogens (tertiary/aromatic N) is 2. The second-order valence-corrected chi connectivity index (χ2v) is 4.23. The third-order valence-electron chi connectivity index (χ3n) is 2.11. The molecule has 2 heterocycles. The molecule has 0 saturated heterocycles. The smallest absolute Gasteiger partial charge is 0.316 e. The van der Waals surface area contributed by atoms with E-state index in [1.165, 1.54) is 10.4 Å². The molecule has 0 unspecified atom stereocenters. The number of hydrogen-bond donors (Lipinski definition) is 0. The van der Waals surface area contributed by atoms with E-state index in [-0.39, 0.29) is 0 Å². The van der Waals surface area contributed by atoms with Crippen molar-refractivity contribution in [3.05, 3.63) is 28.8 Å². The van der Waals surface area contributed by atoms with Crippen molar-refractivity contribution in [1.82, 2.24) is 9.97 Å². The average molecular weight is 220 g/mol. The van der Waals surface area contributed by atoms with Gasteiger partial charge in [-0.05, 0) is 36.9 Å². The van der Waals surface area contributed by atoms with Gasteiger partial charge in [-0.2, -0.15) is 4.98 Å². The molecule has 2 rings (SSSR count). The number of hydrogen-bond acceptors (Lipinski definition) is 4. The van der Waals surface area contributed by atoms with Crippen LogP contribution >= 0.6 is 11.3 Å². The third kappa shape index (κ3) is 1.99. The van der Waals surface area contributed by atoms with E-state index in [4.69, 9.17) is 4.74 Å². The molecule has 2 aromatic heterocycles. The molecule has 0 bridgehead atoms. The van der Waals surface area contributed by atoms with E-state index in [1.54, 1.807) is 18.4 Å². The monoisotopic (exact) mass is 220 g/mol. The highest BCUT2D eigenvalue weighted by atomic mass is 32.1. The molecule has 0 spiro atoms. The first-order chi connectivity index (χ1) is 7.20. The predicted octanol–water partition coefficient (Wildman–Crippen LogP) is 2.83. The van der Waals surface area contributed by atoms with Crippen LogP contribution in [0.25, 0.3) is 10.6 Å². The normalized spacial score (nSPS) is 10.3. The summed E-state index contributed by atoms with van der Waals surface area (Å²) in [6.07, 6.45) is 0. The molecule has 0 amide bonds. The second kappa shape index (κ2) is 3.98. The summed E-state index contributed by atoms with van der Waals surface area (Å²) in [6, 6.07) is 4.49. The Morgan fingerprint density at radius 3 is 2.67 bits per heavy atom. The average Bonchev–Trinajstić information content (AvgIpc) is 2.63. The number of methoxy groups -OCH3 is 1. The topological polar surface area (TPSA) is 35.0 Å². The molecular formula is C11H12N2OS. The first-order valence-electron chi connectivity index (χ1n) is 4.65. The summed E-state index contributed by atoms with van der Waals surface area (Å²) in [6.45, 7) is 4.02. The minimum absolute atomic E-state index is 0.429. The van der Waals surface area contributed by atoms with Gasteiger partial charge in [-0.25, -0.2) is 4.98 Å². The molecule has 0 radical (unpaired) electrons. The van der Waals surface area contributed by atoms with Crippen LogP contribution in [0.4, 0.5) is 0 Å². The van der Waals surface area contributed by atoms with E-state index in [2.05, 4.69) is 28.3 Å². The summed E-state index contributed by atoms with van der Waals surface area (Å²) in [7, 11) is 1.58. The van der Waals surface area contributed by atoms with Gasteiger partial charge >= 0.3 is 6.01 Å². The molecule has 0 aromatic carbocycles. The minimum Gasteiger partial charge on any atom is -0.467 e. The zero-order valence-corrected chi connectivity index (χ0v) is 9.76. The maximum absolute atomic E-state index is 5.06. The van der Waals surface area contributed by atoms with Gasteiger partial charge in [-0.3, -0.25) is 0 Å². The SMILES string of the molecule is COc1nc(C)cc(-c2sccc2C)n1. The zero-order chi connectivity index (χ0) is 10.8. The molecule has 0 aliphatic rings. The molecule has 15 heavy (non-hydrogen) atoms. The second-order valence-electron chi connectivity index (χ2n) is 3.31. The van der Waals surface area contributed by atoms with Crippen LogP contribution in [0.5, 0.6) is 6.01 Å². The molecule has 2 aromatic rings. The van der Waals surface area contributed by atoms with Crippen LogP contribution in [0.1, 0.15) is 11.3 Å². The van der Waals surface area contributed by atoms with Gasteiger partial charge in [0.15, 0.2) is 0 Å². The Morgan fingerprint density at radius 1 is 1.27 bits per heavy atom. The fourth-order valence-electron chi connectivity index (χ4n) is 1.38. The van der Waals surface area contributed by atoms with Gasteiger partial charge < -0.3 is 4.74 Å². The highest BCUT2D eigenvalue weighted by Crippen LogP contribution is 2.28. The lowest BCUT2D eigenvalue weighted by atomic mass is 10.2. The van der Waals surface area contributed by atoms with Crippen molar-refractivity contribution in [3.63, 3.8) is 0 Å². The van der Waals surface area contributed by atoms with Crippen molar-refractivity contribution < 1.29 is 4.74 Å². The van der Waals surface area contributed by atoms with Crippen LogP contribution in [0, 0.1) is 13.8 Å². The van der Waals surface area contributed by atoms with Crippen molar-refractivity contribution in [1.29, 1.82) is 0 Å². The molecule has 0 aliphatic heterocycles. The molecule has 4 heteroatoms. The Hall–Kier alpha value is -1.42. The van der Waals surface area contributed by atoms with E-state index >= 15 is 0 Å². The van der Waals surface area contributed by atoms with E-state index < -0.39 is 0 Å². The van der Waals surface area contributed by atoms with Crippen molar-refractivity contribution in [2.24, 2.45) is 0 Å². The van der Waals surface area contributed by atoms with Crippen LogP contribution < -0.4 is 4.74 Å².